The lowest BCUT2D eigenvalue weighted by Crippen LogP contribution is -2.43. The summed E-state index contributed by atoms with van der Waals surface area (Å²) < 4.78 is 30.8. The van der Waals surface area contributed by atoms with Gasteiger partial charge in [-0.1, -0.05) is 0 Å². The van der Waals surface area contributed by atoms with Gasteiger partial charge in [-0.05, 0) is 24.7 Å². The van der Waals surface area contributed by atoms with Crippen LogP contribution < -0.4 is 14.8 Å². The molecule has 7 heteroatoms. The summed E-state index contributed by atoms with van der Waals surface area (Å²) in [5, 5.41) is 3.21. The fourth-order valence-electron chi connectivity index (χ4n) is 2.73. The van der Waals surface area contributed by atoms with Crippen LogP contribution in [0.25, 0.3) is 0 Å². The molecular formula is C13H16N2O4S. The maximum Gasteiger partial charge on any atom is 0.229 e. The highest BCUT2D eigenvalue weighted by atomic mass is 32.2. The molecule has 1 aromatic carbocycles. The monoisotopic (exact) mass is 296 g/mol. The van der Waals surface area contributed by atoms with Crippen LogP contribution in [0.15, 0.2) is 18.2 Å². The van der Waals surface area contributed by atoms with E-state index < -0.39 is 15.6 Å². The maximum absolute atomic E-state index is 12.3. The number of ketones is 1. The number of hydrogen-bond donors (Lipinski definition) is 2. The minimum absolute atomic E-state index is 0.00731. The van der Waals surface area contributed by atoms with Gasteiger partial charge in [-0.2, -0.15) is 0 Å². The summed E-state index contributed by atoms with van der Waals surface area (Å²) in [5.41, 5.74) is 0.385. The summed E-state index contributed by atoms with van der Waals surface area (Å²) in [6.07, 6.45) is 2.21. The summed E-state index contributed by atoms with van der Waals surface area (Å²) in [7, 11) is -3.36. The molecular weight excluding hydrogens is 280 g/mol. The molecule has 0 aromatic heterocycles. The molecule has 1 atom stereocenters. The van der Waals surface area contributed by atoms with Crippen LogP contribution in [0.1, 0.15) is 23.2 Å². The molecule has 1 unspecified atom stereocenters. The number of carbonyl (C=O) groups excluding carboxylic acids is 1. The van der Waals surface area contributed by atoms with Gasteiger partial charge in [0.1, 0.15) is 11.4 Å². The molecule has 1 aromatic rings. The number of anilines is 1. The van der Waals surface area contributed by atoms with Gasteiger partial charge in [0.15, 0.2) is 5.78 Å². The first-order chi connectivity index (χ1) is 9.37. The minimum Gasteiger partial charge on any atom is -0.485 e. The first-order valence-electron chi connectivity index (χ1n) is 6.42. The molecule has 0 amide bonds. The molecule has 3 rings (SSSR count). The predicted octanol–water partition coefficient (Wildman–Crippen LogP) is 0.755. The third-order valence-corrected chi connectivity index (χ3v) is 4.20. The average molecular weight is 296 g/mol. The highest BCUT2D eigenvalue weighted by molar-refractivity contribution is 7.92. The smallest absolute Gasteiger partial charge is 0.229 e. The molecule has 1 fully saturated rings. The Bertz CT molecular complexity index is 663. The van der Waals surface area contributed by atoms with E-state index in [-0.39, 0.29) is 5.78 Å². The first-order valence-corrected chi connectivity index (χ1v) is 8.31. The van der Waals surface area contributed by atoms with Crippen LogP contribution in [0.3, 0.4) is 0 Å². The van der Waals surface area contributed by atoms with Crippen LogP contribution in [0, 0.1) is 0 Å². The van der Waals surface area contributed by atoms with Gasteiger partial charge >= 0.3 is 0 Å². The van der Waals surface area contributed by atoms with Crippen LogP contribution in [0.2, 0.25) is 0 Å². The Labute approximate surface area is 117 Å². The third kappa shape index (κ3) is 2.51. The molecule has 2 N–H and O–H groups in total. The number of benzene rings is 1. The predicted molar refractivity (Wildman–Crippen MR) is 74.7 cm³/mol. The number of sulfonamides is 1. The Hall–Kier alpha value is -1.60. The molecule has 108 valence electrons. The van der Waals surface area contributed by atoms with E-state index in [9.17, 15) is 13.2 Å². The van der Waals surface area contributed by atoms with Gasteiger partial charge in [0, 0.05) is 18.7 Å². The van der Waals surface area contributed by atoms with E-state index in [1.54, 1.807) is 12.1 Å². The highest BCUT2D eigenvalue weighted by Crippen LogP contribution is 2.37. The zero-order chi connectivity index (χ0) is 14.4. The van der Waals surface area contributed by atoms with Crippen LogP contribution in [-0.4, -0.2) is 39.1 Å². The Morgan fingerprint density at radius 1 is 1.40 bits per heavy atom. The van der Waals surface area contributed by atoms with E-state index >= 15 is 0 Å². The highest BCUT2D eigenvalue weighted by Gasteiger charge is 2.42. The van der Waals surface area contributed by atoms with Gasteiger partial charge in [-0.25, -0.2) is 8.42 Å². The number of ether oxygens (including phenoxy) is 1. The normalized spacial score (nSPS) is 25.4. The van der Waals surface area contributed by atoms with Gasteiger partial charge in [0.05, 0.1) is 18.2 Å². The van der Waals surface area contributed by atoms with E-state index in [4.69, 9.17) is 4.74 Å². The van der Waals surface area contributed by atoms with Crippen molar-refractivity contribution in [2.75, 3.05) is 24.1 Å². The second-order valence-corrected chi connectivity index (χ2v) is 7.15. The van der Waals surface area contributed by atoms with Crippen LogP contribution in [0.4, 0.5) is 5.69 Å². The number of carbonyl (C=O) groups is 1. The van der Waals surface area contributed by atoms with Gasteiger partial charge < -0.3 is 10.1 Å². The van der Waals surface area contributed by atoms with Gasteiger partial charge in [0.25, 0.3) is 0 Å². The summed E-state index contributed by atoms with van der Waals surface area (Å²) in [5.74, 6) is 0.524. The fraction of sp³-hybridized carbons (Fsp3) is 0.462. The summed E-state index contributed by atoms with van der Waals surface area (Å²) >= 11 is 0. The third-order valence-electron chi connectivity index (χ3n) is 3.60. The van der Waals surface area contributed by atoms with E-state index in [1.807, 2.05) is 0 Å². The molecule has 2 aliphatic heterocycles. The van der Waals surface area contributed by atoms with E-state index in [1.165, 1.54) is 6.07 Å². The largest absolute Gasteiger partial charge is 0.485 e. The molecule has 6 nitrogen and oxygen atoms in total. The van der Waals surface area contributed by atoms with E-state index in [2.05, 4.69) is 10.0 Å². The van der Waals surface area contributed by atoms with Crippen LogP contribution >= 0.6 is 0 Å². The van der Waals surface area contributed by atoms with E-state index in [0.717, 1.165) is 19.2 Å². The second-order valence-electron chi connectivity index (χ2n) is 5.40. The summed E-state index contributed by atoms with van der Waals surface area (Å²) in [6, 6.07) is 4.79. The van der Waals surface area contributed by atoms with Crippen molar-refractivity contribution in [1.82, 2.24) is 5.32 Å². The summed E-state index contributed by atoms with van der Waals surface area (Å²) in [6.45, 7) is 1.51. The first kappa shape index (κ1) is 13.4. The van der Waals surface area contributed by atoms with Crippen molar-refractivity contribution in [3.8, 4) is 5.75 Å². The Kier molecular flexibility index (Phi) is 2.98. The Morgan fingerprint density at radius 3 is 2.85 bits per heavy atom. The number of Topliss-reactive ketones (excluding diaryl/α,β-unsaturated/α-hetero) is 1. The fourth-order valence-corrected chi connectivity index (χ4v) is 3.29. The zero-order valence-electron chi connectivity index (χ0n) is 11.1. The number of fused-ring (bicyclic) bond motifs is 1. The standard InChI is InChI=1S/C13H16N2O4S/c1-20(17,18)15-9-2-3-12-10(6-9)11(16)7-13(19-12)4-5-14-8-13/h2-3,6,14-15H,4-5,7-8H2,1H3. The number of hydrogen-bond acceptors (Lipinski definition) is 5. The van der Waals surface area contributed by atoms with Gasteiger partial charge in [-0.15, -0.1) is 0 Å². The molecule has 0 radical (unpaired) electrons. The van der Waals surface area contributed by atoms with Gasteiger partial charge in [-0.3, -0.25) is 9.52 Å². The number of rotatable bonds is 2. The van der Waals surface area contributed by atoms with Crippen molar-refractivity contribution >= 4 is 21.5 Å². The quantitative estimate of drug-likeness (QED) is 0.841. The van der Waals surface area contributed by atoms with Crippen LogP contribution in [0.5, 0.6) is 5.75 Å². The van der Waals surface area contributed by atoms with Crippen LogP contribution in [-0.2, 0) is 10.0 Å². The summed E-state index contributed by atoms with van der Waals surface area (Å²) in [4.78, 5) is 12.3. The molecule has 0 aliphatic carbocycles. The van der Waals surface area contributed by atoms with Gasteiger partial charge in [0.2, 0.25) is 10.0 Å². The average Bonchev–Trinajstić information content (AvgIpc) is 2.76. The molecule has 1 saturated heterocycles. The molecule has 20 heavy (non-hydrogen) atoms. The van der Waals surface area contributed by atoms with E-state index in [0.29, 0.717) is 30.0 Å². The minimum atomic E-state index is -3.36. The SMILES string of the molecule is CS(=O)(=O)Nc1ccc2c(c1)C(=O)CC1(CCNC1)O2. The molecule has 0 saturated carbocycles. The number of nitrogens with one attached hydrogen (secondary N) is 2. The molecule has 2 aliphatic rings. The second kappa shape index (κ2) is 4.46. The van der Waals surface area contributed by atoms with Crippen molar-refractivity contribution < 1.29 is 17.9 Å². The van der Waals surface area contributed by atoms with Crippen molar-refractivity contribution in [1.29, 1.82) is 0 Å². The molecule has 1 spiro atoms. The Balaban J connectivity index is 1.93. The zero-order valence-corrected chi connectivity index (χ0v) is 11.9. The van der Waals surface area contributed by atoms with Crippen molar-refractivity contribution in [3.63, 3.8) is 0 Å². The Morgan fingerprint density at radius 2 is 2.20 bits per heavy atom. The molecule has 0 bridgehead atoms. The van der Waals surface area contributed by atoms with Crippen molar-refractivity contribution in [2.24, 2.45) is 0 Å². The lowest BCUT2D eigenvalue weighted by molar-refractivity contribution is 0.0529. The topological polar surface area (TPSA) is 84.5 Å². The molecule has 2 heterocycles. The lowest BCUT2D eigenvalue weighted by Gasteiger charge is -2.34. The maximum atomic E-state index is 12.3. The lowest BCUT2D eigenvalue weighted by atomic mass is 9.89. The van der Waals surface area contributed by atoms with Crippen molar-refractivity contribution in [2.45, 2.75) is 18.4 Å². The van der Waals surface area contributed by atoms with Crippen molar-refractivity contribution in [3.05, 3.63) is 23.8 Å².